The molecular formula is C6HBrCl2F3NO3S. The van der Waals surface area contributed by atoms with Gasteiger partial charge in [0.2, 0.25) is 5.88 Å². The highest BCUT2D eigenvalue weighted by Gasteiger charge is 2.36. The first-order valence-corrected chi connectivity index (χ1v) is 7.05. The van der Waals surface area contributed by atoms with Crippen molar-refractivity contribution in [3.05, 3.63) is 15.7 Å². The number of alkyl halides is 3. The minimum Gasteiger partial charge on any atom is -0.386 e. The van der Waals surface area contributed by atoms with Gasteiger partial charge in [0.25, 0.3) is 9.05 Å². The largest absolute Gasteiger partial charge is 0.574 e. The Morgan fingerprint density at radius 2 is 1.94 bits per heavy atom. The molecule has 0 aliphatic heterocycles. The predicted molar refractivity (Wildman–Crippen MR) is 56.7 cm³/mol. The maximum absolute atomic E-state index is 12.0. The Kier molecular flexibility index (Phi) is 4.17. The zero-order chi connectivity index (χ0) is 13.4. The van der Waals surface area contributed by atoms with E-state index in [-0.39, 0.29) is 9.50 Å². The van der Waals surface area contributed by atoms with Gasteiger partial charge in [-0.05, 0) is 15.9 Å². The smallest absolute Gasteiger partial charge is 0.386 e. The zero-order valence-electron chi connectivity index (χ0n) is 7.43. The van der Waals surface area contributed by atoms with Crippen LogP contribution in [0.15, 0.2) is 15.6 Å². The van der Waals surface area contributed by atoms with Gasteiger partial charge in [-0.1, -0.05) is 11.6 Å². The highest BCUT2D eigenvalue weighted by molar-refractivity contribution is 9.10. The van der Waals surface area contributed by atoms with E-state index in [0.29, 0.717) is 0 Å². The number of hydrogen-bond acceptors (Lipinski definition) is 4. The molecule has 11 heteroatoms. The molecule has 1 rings (SSSR count). The number of nitrogens with zero attached hydrogens (tertiary/aromatic N) is 1. The van der Waals surface area contributed by atoms with Crippen molar-refractivity contribution in [2.75, 3.05) is 0 Å². The summed E-state index contributed by atoms with van der Waals surface area (Å²) in [6, 6.07) is 0. The summed E-state index contributed by atoms with van der Waals surface area (Å²) in [6.07, 6.45) is -4.31. The van der Waals surface area contributed by atoms with Gasteiger partial charge in [-0.2, -0.15) is 0 Å². The molecule has 96 valence electrons. The summed E-state index contributed by atoms with van der Waals surface area (Å²) >= 11 is 8.19. The summed E-state index contributed by atoms with van der Waals surface area (Å²) in [5.41, 5.74) is 0. The summed E-state index contributed by atoms with van der Waals surface area (Å²) in [7, 11) is 0.460. The molecule has 4 nitrogen and oxygen atoms in total. The van der Waals surface area contributed by atoms with E-state index >= 15 is 0 Å². The molecule has 0 bridgehead atoms. The van der Waals surface area contributed by atoms with Crippen molar-refractivity contribution in [1.82, 2.24) is 4.98 Å². The number of halogens is 6. The predicted octanol–water partition coefficient (Wildman–Crippen LogP) is 3.32. The number of pyridine rings is 1. The molecule has 0 N–H and O–H groups in total. The minimum atomic E-state index is -5.10. The first kappa shape index (κ1) is 14.8. The van der Waals surface area contributed by atoms with Crippen LogP contribution in [0, 0.1) is 0 Å². The molecule has 0 aliphatic rings. The normalized spacial score (nSPS) is 12.6. The van der Waals surface area contributed by atoms with Crippen LogP contribution in [0.25, 0.3) is 0 Å². The van der Waals surface area contributed by atoms with Gasteiger partial charge in [0.1, 0.15) is 0 Å². The Morgan fingerprint density at radius 1 is 1.41 bits per heavy atom. The van der Waals surface area contributed by atoms with E-state index in [1.54, 1.807) is 0 Å². The Labute approximate surface area is 111 Å². The van der Waals surface area contributed by atoms with Crippen LogP contribution < -0.4 is 4.74 Å². The van der Waals surface area contributed by atoms with Crippen LogP contribution in [-0.2, 0) is 9.05 Å². The molecule has 1 heterocycles. The first-order chi connectivity index (χ1) is 7.52. The highest BCUT2D eigenvalue weighted by atomic mass is 79.9. The van der Waals surface area contributed by atoms with Crippen molar-refractivity contribution in [2.45, 2.75) is 11.3 Å². The van der Waals surface area contributed by atoms with Crippen molar-refractivity contribution in [1.29, 1.82) is 0 Å². The SMILES string of the molecule is O=S(=O)(Cl)c1c(OC(F)(F)F)ncc(Cl)c1Br. The van der Waals surface area contributed by atoms with Crippen LogP contribution in [0.3, 0.4) is 0 Å². The van der Waals surface area contributed by atoms with E-state index in [9.17, 15) is 21.6 Å². The maximum atomic E-state index is 12.0. The van der Waals surface area contributed by atoms with E-state index in [1.165, 1.54) is 0 Å². The van der Waals surface area contributed by atoms with Gasteiger partial charge >= 0.3 is 6.36 Å². The Bertz CT molecular complexity index is 548. The van der Waals surface area contributed by atoms with Crippen LogP contribution >= 0.6 is 38.2 Å². The molecule has 0 radical (unpaired) electrons. The molecule has 0 atom stereocenters. The molecule has 0 saturated heterocycles. The minimum absolute atomic E-state index is 0.223. The second-order valence-corrected chi connectivity index (χ2v) is 6.24. The van der Waals surface area contributed by atoms with Crippen LogP contribution in [0.1, 0.15) is 0 Å². The second kappa shape index (κ2) is 4.79. The van der Waals surface area contributed by atoms with Gasteiger partial charge < -0.3 is 4.74 Å². The number of aromatic nitrogens is 1. The maximum Gasteiger partial charge on any atom is 0.574 e. The van der Waals surface area contributed by atoms with Gasteiger partial charge in [0.05, 0.1) is 15.7 Å². The lowest BCUT2D eigenvalue weighted by Crippen LogP contribution is -2.19. The quantitative estimate of drug-likeness (QED) is 0.745. The van der Waals surface area contributed by atoms with Gasteiger partial charge in [0.15, 0.2) is 4.90 Å². The first-order valence-electron chi connectivity index (χ1n) is 3.57. The Balaban J connectivity index is 3.47. The lowest BCUT2D eigenvalue weighted by Gasteiger charge is -2.11. The lowest BCUT2D eigenvalue weighted by molar-refractivity contribution is -0.277. The van der Waals surface area contributed by atoms with Crippen molar-refractivity contribution in [2.24, 2.45) is 0 Å². The average Bonchev–Trinajstić information content (AvgIpc) is 2.06. The van der Waals surface area contributed by atoms with Crippen LogP contribution in [0.2, 0.25) is 5.02 Å². The molecular weight excluding hydrogens is 374 g/mol. The van der Waals surface area contributed by atoms with Crippen molar-refractivity contribution < 1.29 is 26.3 Å². The molecule has 0 saturated carbocycles. The molecule has 0 spiro atoms. The number of ether oxygens (including phenoxy) is 1. The molecule has 0 unspecified atom stereocenters. The van der Waals surface area contributed by atoms with E-state index < -0.39 is 26.2 Å². The van der Waals surface area contributed by atoms with Crippen molar-refractivity contribution in [3.8, 4) is 5.88 Å². The lowest BCUT2D eigenvalue weighted by atomic mass is 10.5. The van der Waals surface area contributed by atoms with E-state index in [1.807, 2.05) is 0 Å². The monoisotopic (exact) mass is 373 g/mol. The standard InChI is InChI=1S/C6HBrCl2F3NO3S/c7-3-2(8)1-13-5(16-6(10,11)12)4(3)17(9,14)15/h1H. The van der Waals surface area contributed by atoms with E-state index in [0.717, 1.165) is 6.20 Å². The van der Waals surface area contributed by atoms with Crippen molar-refractivity contribution >= 4 is 47.3 Å². The van der Waals surface area contributed by atoms with Gasteiger partial charge in [-0.25, -0.2) is 13.4 Å². The Morgan fingerprint density at radius 3 is 2.35 bits per heavy atom. The van der Waals surface area contributed by atoms with Gasteiger partial charge in [-0.3, -0.25) is 0 Å². The second-order valence-electron chi connectivity index (χ2n) is 2.54. The summed E-state index contributed by atoms with van der Waals surface area (Å²) in [4.78, 5) is 2.14. The third-order valence-corrected chi connectivity index (χ3v) is 4.28. The summed E-state index contributed by atoms with van der Waals surface area (Å²) < 4.78 is 61.3. The fourth-order valence-electron chi connectivity index (χ4n) is 0.827. The molecule has 0 amide bonds. The average molecular weight is 375 g/mol. The van der Waals surface area contributed by atoms with Crippen molar-refractivity contribution in [3.63, 3.8) is 0 Å². The van der Waals surface area contributed by atoms with Crippen LogP contribution in [0.5, 0.6) is 5.88 Å². The molecule has 1 aromatic rings. The number of hydrogen-bond donors (Lipinski definition) is 0. The van der Waals surface area contributed by atoms with Crippen LogP contribution in [0.4, 0.5) is 13.2 Å². The third-order valence-electron chi connectivity index (χ3n) is 1.35. The van der Waals surface area contributed by atoms with Gasteiger partial charge in [-0.15, -0.1) is 13.2 Å². The highest BCUT2D eigenvalue weighted by Crippen LogP contribution is 2.38. The summed E-state index contributed by atoms with van der Waals surface area (Å²) in [5.74, 6) is -1.20. The molecule has 17 heavy (non-hydrogen) atoms. The third kappa shape index (κ3) is 3.87. The summed E-state index contributed by atoms with van der Waals surface area (Å²) in [6.45, 7) is 0. The zero-order valence-corrected chi connectivity index (χ0v) is 11.3. The number of rotatable bonds is 2. The molecule has 0 aromatic carbocycles. The fraction of sp³-hybridized carbons (Fsp3) is 0.167. The molecule has 0 fully saturated rings. The molecule has 0 aliphatic carbocycles. The topological polar surface area (TPSA) is 56.3 Å². The molecule has 1 aromatic heterocycles. The van der Waals surface area contributed by atoms with Gasteiger partial charge in [0, 0.05) is 10.7 Å². The van der Waals surface area contributed by atoms with Crippen LogP contribution in [-0.4, -0.2) is 19.8 Å². The van der Waals surface area contributed by atoms with E-state index in [2.05, 4.69) is 25.7 Å². The Hall–Kier alpha value is -0.250. The summed E-state index contributed by atoms with van der Waals surface area (Å²) in [5, 5.41) is -0.223. The van der Waals surface area contributed by atoms with E-state index in [4.69, 9.17) is 22.3 Å². The fourth-order valence-corrected chi connectivity index (χ4v) is 3.27.